The molecule has 0 bridgehead atoms. The maximum atomic E-state index is 10.2. The molecule has 1 aromatic carbocycles. The molecule has 0 aliphatic rings. The van der Waals surface area contributed by atoms with Crippen molar-refractivity contribution in [2.24, 2.45) is 0 Å². The van der Waals surface area contributed by atoms with Gasteiger partial charge in [-0.3, -0.25) is 4.79 Å². The zero-order chi connectivity index (χ0) is 8.27. The fraction of sp³-hybridized carbons (Fsp3) is 0.125. The van der Waals surface area contributed by atoms with Gasteiger partial charge in [-0.15, -0.1) is 0 Å². The topological polar surface area (TPSA) is 46.5 Å². The molecule has 0 fully saturated rings. The normalized spacial score (nSPS) is 8.42. The molecule has 3 nitrogen and oxygen atoms in total. The van der Waals surface area contributed by atoms with Crippen LogP contribution in [0.1, 0.15) is 10.4 Å². The molecule has 1 N–H and O–H groups in total. The molecular formula is C8H8O3Pr. The molecule has 1 rings (SSSR count). The molecule has 0 aliphatic carbocycles. The minimum absolute atomic E-state index is 0. The zero-order valence-corrected chi connectivity index (χ0v) is 10.4. The maximum Gasteiger partial charge on any atom is 0.161 e. The van der Waals surface area contributed by atoms with Gasteiger partial charge in [0.25, 0.3) is 0 Å². The van der Waals surface area contributed by atoms with Gasteiger partial charge in [-0.1, -0.05) is 0 Å². The van der Waals surface area contributed by atoms with Crippen LogP contribution in [0.3, 0.4) is 0 Å². The molecule has 0 saturated heterocycles. The van der Waals surface area contributed by atoms with Crippen LogP contribution >= 0.6 is 0 Å². The van der Waals surface area contributed by atoms with E-state index in [1.165, 1.54) is 25.3 Å². The summed E-state index contributed by atoms with van der Waals surface area (Å²) in [5, 5.41) is 9.09. The molecular weight excluding hydrogens is 285 g/mol. The number of hydrogen-bond acceptors (Lipinski definition) is 3. The third kappa shape index (κ3) is 2.72. The van der Waals surface area contributed by atoms with Crippen LogP contribution in [0.5, 0.6) is 11.5 Å². The number of aromatic hydroxyl groups is 1. The van der Waals surface area contributed by atoms with Crippen LogP contribution in [0.4, 0.5) is 0 Å². The number of methoxy groups -OCH3 is 1. The minimum atomic E-state index is 0. The molecule has 0 atom stereocenters. The van der Waals surface area contributed by atoms with Gasteiger partial charge in [0.1, 0.15) is 6.29 Å². The SMILES string of the molecule is COc1cc(C=O)ccc1O.[Pr]. The monoisotopic (exact) mass is 293 g/mol. The quantitative estimate of drug-likeness (QED) is 0.834. The molecule has 1 radical (unpaired) electrons. The summed E-state index contributed by atoms with van der Waals surface area (Å²) < 4.78 is 4.78. The van der Waals surface area contributed by atoms with E-state index in [1.54, 1.807) is 0 Å². The van der Waals surface area contributed by atoms with Gasteiger partial charge in [0.05, 0.1) is 7.11 Å². The fourth-order valence-electron chi connectivity index (χ4n) is 0.768. The molecule has 0 spiro atoms. The first-order valence-electron chi connectivity index (χ1n) is 3.10. The molecule has 0 heterocycles. The van der Waals surface area contributed by atoms with Gasteiger partial charge < -0.3 is 9.84 Å². The van der Waals surface area contributed by atoms with Gasteiger partial charge in [0.2, 0.25) is 0 Å². The average molecular weight is 293 g/mol. The second-order valence-electron chi connectivity index (χ2n) is 2.05. The van der Waals surface area contributed by atoms with Gasteiger partial charge in [-0.2, -0.15) is 0 Å². The largest absolute Gasteiger partial charge is 0.504 e. The predicted molar refractivity (Wildman–Crippen MR) is 40.0 cm³/mol. The molecule has 12 heavy (non-hydrogen) atoms. The predicted octanol–water partition coefficient (Wildman–Crippen LogP) is 1.21. The standard InChI is InChI=1S/C8H8O3.Pr/c1-11-8-4-6(5-9)2-3-7(8)10;/h2-5,10H,1H3;. The van der Waals surface area contributed by atoms with E-state index in [2.05, 4.69) is 0 Å². The fourth-order valence-corrected chi connectivity index (χ4v) is 0.768. The first kappa shape index (κ1) is 11.9. The number of benzene rings is 1. The average Bonchev–Trinajstić information content (AvgIpc) is 2.05. The molecule has 0 saturated carbocycles. The van der Waals surface area contributed by atoms with Crippen LogP contribution in [0, 0.1) is 41.3 Å². The van der Waals surface area contributed by atoms with Gasteiger partial charge in [-0.25, -0.2) is 0 Å². The molecule has 4 heteroatoms. The second-order valence-corrected chi connectivity index (χ2v) is 2.05. The third-order valence-corrected chi connectivity index (χ3v) is 1.34. The Labute approximate surface area is 104 Å². The Bertz CT molecular complexity index is 273. The van der Waals surface area contributed by atoms with Crippen LogP contribution in [0.2, 0.25) is 0 Å². The minimum Gasteiger partial charge on any atom is -0.504 e. The second kappa shape index (κ2) is 5.49. The van der Waals surface area contributed by atoms with Crippen LogP contribution in [-0.2, 0) is 0 Å². The first-order valence-corrected chi connectivity index (χ1v) is 3.10. The number of carbonyl (C=O) groups excluding carboxylic acids is 1. The Hall–Kier alpha value is -0.146. The van der Waals surface area contributed by atoms with E-state index in [9.17, 15) is 4.79 Å². The first-order chi connectivity index (χ1) is 5.27. The van der Waals surface area contributed by atoms with Crippen molar-refractivity contribution in [3.8, 4) is 11.5 Å². The summed E-state index contributed by atoms with van der Waals surface area (Å²) in [6.45, 7) is 0. The summed E-state index contributed by atoms with van der Waals surface area (Å²) in [5.74, 6) is 0.354. The number of aldehydes is 1. The van der Waals surface area contributed by atoms with Crippen molar-refractivity contribution in [3.05, 3.63) is 23.8 Å². The zero-order valence-electron chi connectivity index (χ0n) is 6.65. The van der Waals surface area contributed by atoms with E-state index in [1.807, 2.05) is 0 Å². The van der Waals surface area contributed by atoms with Gasteiger partial charge in [-0.05, 0) is 18.2 Å². The number of hydrogen-bond donors (Lipinski definition) is 1. The number of phenolic OH excluding ortho intramolecular Hbond substituents is 1. The molecule has 0 unspecified atom stereocenters. The van der Waals surface area contributed by atoms with Gasteiger partial charge in [0, 0.05) is 46.9 Å². The van der Waals surface area contributed by atoms with Crippen molar-refractivity contribution in [2.45, 2.75) is 0 Å². The Morgan fingerprint density at radius 3 is 2.67 bits per heavy atom. The van der Waals surface area contributed by atoms with Crippen molar-refractivity contribution >= 4 is 6.29 Å². The summed E-state index contributed by atoms with van der Waals surface area (Å²) in [6, 6.07) is 4.41. The van der Waals surface area contributed by atoms with Crippen molar-refractivity contribution in [2.75, 3.05) is 7.11 Å². The smallest absolute Gasteiger partial charge is 0.161 e. The summed E-state index contributed by atoms with van der Waals surface area (Å²) in [4.78, 5) is 10.2. The molecule has 1 aromatic rings. The number of rotatable bonds is 2. The van der Waals surface area contributed by atoms with E-state index >= 15 is 0 Å². The van der Waals surface area contributed by atoms with Crippen molar-refractivity contribution in [1.29, 1.82) is 0 Å². The van der Waals surface area contributed by atoms with E-state index in [4.69, 9.17) is 9.84 Å². The third-order valence-electron chi connectivity index (χ3n) is 1.34. The molecule has 0 aromatic heterocycles. The van der Waals surface area contributed by atoms with Crippen LogP contribution in [0.15, 0.2) is 18.2 Å². The van der Waals surface area contributed by atoms with Crippen LogP contribution < -0.4 is 4.74 Å². The Morgan fingerprint density at radius 2 is 2.17 bits per heavy atom. The molecule has 61 valence electrons. The number of phenols is 1. The summed E-state index contributed by atoms with van der Waals surface area (Å²) in [7, 11) is 1.43. The Kier molecular flexibility index (Phi) is 5.42. The summed E-state index contributed by atoms with van der Waals surface area (Å²) in [5.41, 5.74) is 0.486. The van der Waals surface area contributed by atoms with Gasteiger partial charge in [0.15, 0.2) is 11.5 Å². The maximum absolute atomic E-state index is 10.2. The number of carbonyl (C=O) groups is 1. The van der Waals surface area contributed by atoms with Gasteiger partial charge >= 0.3 is 0 Å². The van der Waals surface area contributed by atoms with Crippen molar-refractivity contribution in [1.82, 2.24) is 0 Å². The van der Waals surface area contributed by atoms with E-state index in [0.29, 0.717) is 17.6 Å². The van der Waals surface area contributed by atoms with Crippen molar-refractivity contribution in [3.63, 3.8) is 0 Å². The number of ether oxygens (including phenoxy) is 1. The van der Waals surface area contributed by atoms with Crippen LogP contribution in [-0.4, -0.2) is 18.5 Å². The Balaban J connectivity index is 0.00000121. The van der Waals surface area contributed by atoms with E-state index in [0.717, 1.165) is 0 Å². The van der Waals surface area contributed by atoms with Crippen LogP contribution in [0.25, 0.3) is 0 Å². The Morgan fingerprint density at radius 1 is 1.50 bits per heavy atom. The summed E-state index contributed by atoms with van der Waals surface area (Å²) in [6.07, 6.45) is 0.696. The molecule has 0 aliphatic heterocycles. The molecule has 0 amide bonds. The summed E-state index contributed by atoms with van der Waals surface area (Å²) >= 11 is 0. The van der Waals surface area contributed by atoms with E-state index in [-0.39, 0.29) is 47.0 Å². The van der Waals surface area contributed by atoms with Crippen molar-refractivity contribution < 1.29 is 55.9 Å². The van der Waals surface area contributed by atoms with E-state index < -0.39 is 0 Å².